The maximum absolute atomic E-state index is 3.93. The molecule has 0 atom stereocenters. The molecule has 5 N–H and O–H groups in total. The molecule has 0 heterocycles. The molecule has 0 radical (unpaired) electrons. The van der Waals surface area contributed by atoms with Crippen molar-refractivity contribution in [1.29, 1.82) is 0 Å². The fourth-order valence-electron chi connectivity index (χ4n) is 1.23. The van der Waals surface area contributed by atoms with Crippen LogP contribution in [0, 0.1) is 0 Å². The van der Waals surface area contributed by atoms with Gasteiger partial charge in [-0.3, -0.25) is 0 Å². The third kappa shape index (κ3) is 4.45. The SMILES string of the molecule is C=C.C=CC1=C(C)CCC1=C.N.O. The summed E-state index contributed by atoms with van der Waals surface area (Å²) in [6.45, 7) is 15.8. The third-order valence-electron chi connectivity index (χ3n) is 1.85. The summed E-state index contributed by atoms with van der Waals surface area (Å²) in [5.74, 6) is 0. The first kappa shape index (κ1) is 17.8. The van der Waals surface area contributed by atoms with Crippen molar-refractivity contribution in [2.24, 2.45) is 0 Å². The molecule has 1 aliphatic rings. The molecule has 0 bridgehead atoms. The number of hydrogen-bond acceptors (Lipinski definition) is 1. The second kappa shape index (κ2) is 8.97. The minimum Gasteiger partial charge on any atom is -0.412 e. The number of rotatable bonds is 1. The second-order valence-electron chi connectivity index (χ2n) is 2.50. The summed E-state index contributed by atoms with van der Waals surface area (Å²) in [6.07, 6.45) is 4.22. The maximum Gasteiger partial charge on any atom is -0.0241 e. The summed E-state index contributed by atoms with van der Waals surface area (Å²) in [4.78, 5) is 0. The molecule has 13 heavy (non-hydrogen) atoms. The van der Waals surface area contributed by atoms with Gasteiger partial charge >= 0.3 is 0 Å². The van der Waals surface area contributed by atoms with Crippen molar-refractivity contribution in [3.8, 4) is 0 Å². The average Bonchev–Trinajstić information content (AvgIpc) is 2.35. The predicted octanol–water partition coefficient (Wildman–Crippen LogP) is 2.98. The average molecular weight is 183 g/mol. The highest BCUT2D eigenvalue weighted by molar-refractivity contribution is 5.45. The van der Waals surface area contributed by atoms with E-state index >= 15 is 0 Å². The minimum absolute atomic E-state index is 0. The van der Waals surface area contributed by atoms with Crippen molar-refractivity contribution < 1.29 is 5.48 Å². The van der Waals surface area contributed by atoms with E-state index in [1.54, 1.807) is 0 Å². The Morgan fingerprint density at radius 3 is 1.85 bits per heavy atom. The first-order valence-electron chi connectivity index (χ1n) is 3.76. The molecule has 0 amide bonds. The molecular formula is C11H21NO. The van der Waals surface area contributed by atoms with Crippen molar-refractivity contribution in [3.63, 3.8) is 0 Å². The second-order valence-corrected chi connectivity index (χ2v) is 2.50. The van der Waals surface area contributed by atoms with Crippen LogP contribution in [0.2, 0.25) is 0 Å². The van der Waals surface area contributed by atoms with Gasteiger partial charge in [0.15, 0.2) is 0 Å². The van der Waals surface area contributed by atoms with E-state index in [9.17, 15) is 0 Å². The van der Waals surface area contributed by atoms with Gasteiger partial charge < -0.3 is 11.6 Å². The van der Waals surface area contributed by atoms with Gasteiger partial charge in [-0.05, 0) is 30.9 Å². The van der Waals surface area contributed by atoms with Crippen LogP contribution in [-0.2, 0) is 0 Å². The molecule has 0 unspecified atom stereocenters. The van der Waals surface area contributed by atoms with Gasteiger partial charge in [0.1, 0.15) is 0 Å². The molecular weight excluding hydrogens is 162 g/mol. The number of allylic oxidation sites excluding steroid dienone is 4. The Balaban J connectivity index is -0.000000234. The lowest BCUT2D eigenvalue weighted by molar-refractivity contribution is 0.824. The molecule has 0 aromatic heterocycles. The van der Waals surface area contributed by atoms with Crippen molar-refractivity contribution in [1.82, 2.24) is 6.15 Å². The standard InChI is InChI=1S/C9H12.C2H4.H3N.H2O/c1-4-9-7(2)5-6-8(9)3;1-2;;/h4H,1-2,5-6H2,3H3;1-2H2;1H3;1H2. The monoisotopic (exact) mass is 183 g/mol. The van der Waals surface area contributed by atoms with Crippen LogP contribution in [0.1, 0.15) is 19.8 Å². The van der Waals surface area contributed by atoms with Crippen LogP contribution in [0.3, 0.4) is 0 Å². The molecule has 1 rings (SSSR count). The fraction of sp³-hybridized carbons (Fsp3) is 0.273. The fourth-order valence-corrected chi connectivity index (χ4v) is 1.23. The van der Waals surface area contributed by atoms with E-state index in [0.29, 0.717) is 0 Å². The molecule has 0 saturated heterocycles. The molecule has 0 saturated carbocycles. The zero-order chi connectivity index (χ0) is 8.85. The molecule has 1 aliphatic carbocycles. The molecule has 2 heteroatoms. The van der Waals surface area contributed by atoms with Crippen LogP contribution in [0.25, 0.3) is 0 Å². The van der Waals surface area contributed by atoms with Gasteiger partial charge in [0.2, 0.25) is 0 Å². The first-order valence-corrected chi connectivity index (χ1v) is 3.76. The lowest BCUT2D eigenvalue weighted by atomic mass is 10.1. The zero-order valence-corrected chi connectivity index (χ0v) is 8.53. The Hall–Kier alpha value is -1.12. The minimum atomic E-state index is 0. The van der Waals surface area contributed by atoms with Crippen molar-refractivity contribution in [2.75, 3.05) is 0 Å². The van der Waals surface area contributed by atoms with Gasteiger partial charge in [-0.25, -0.2) is 0 Å². The first-order chi connectivity index (χ1) is 5.25. The summed E-state index contributed by atoms with van der Waals surface area (Å²) in [5.41, 5.74) is 3.98. The Morgan fingerprint density at radius 2 is 1.69 bits per heavy atom. The Bertz CT molecular complexity index is 204. The van der Waals surface area contributed by atoms with Crippen LogP contribution in [-0.4, -0.2) is 5.48 Å². The molecule has 0 fully saturated rings. The van der Waals surface area contributed by atoms with E-state index in [1.165, 1.54) is 23.1 Å². The van der Waals surface area contributed by atoms with Crippen LogP contribution >= 0.6 is 0 Å². The van der Waals surface area contributed by atoms with Crippen molar-refractivity contribution in [2.45, 2.75) is 19.8 Å². The lowest BCUT2D eigenvalue weighted by Gasteiger charge is -1.94. The Morgan fingerprint density at radius 1 is 1.23 bits per heavy atom. The lowest BCUT2D eigenvalue weighted by Crippen LogP contribution is -1.74. The van der Waals surface area contributed by atoms with Crippen molar-refractivity contribution >= 4 is 0 Å². The maximum atomic E-state index is 3.93. The molecule has 0 aromatic carbocycles. The highest BCUT2D eigenvalue weighted by atomic mass is 16.0. The Labute approximate surface area is 81.2 Å². The zero-order valence-electron chi connectivity index (χ0n) is 8.53. The van der Waals surface area contributed by atoms with Crippen molar-refractivity contribution in [3.05, 3.63) is 49.1 Å². The van der Waals surface area contributed by atoms with Gasteiger partial charge in [-0.1, -0.05) is 24.8 Å². The highest BCUT2D eigenvalue weighted by Gasteiger charge is 2.10. The molecule has 2 nitrogen and oxygen atoms in total. The Kier molecular flexibility index (Phi) is 12.3. The molecule has 0 aliphatic heterocycles. The van der Waals surface area contributed by atoms with E-state index in [-0.39, 0.29) is 11.6 Å². The van der Waals surface area contributed by atoms with Crippen LogP contribution < -0.4 is 6.15 Å². The van der Waals surface area contributed by atoms with Crippen LogP contribution in [0.5, 0.6) is 0 Å². The summed E-state index contributed by atoms with van der Waals surface area (Å²) in [5, 5.41) is 0. The molecule has 76 valence electrons. The summed E-state index contributed by atoms with van der Waals surface area (Å²) < 4.78 is 0. The normalized spacial score (nSPS) is 13.5. The van der Waals surface area contributed by atoms with E-state index in [0.717, 1.165) is 6.42 Å². The summed E-state index contributed by atoms with van der Waals surface area (Å²) in [6, 6.07) is 0. The van der Waals surface area contributed by atoms with Gasteiger partial charge in [0, 0.05) is 0 Å². The van der Waals surface area contributed by atoms with Gasteiger partial charge in [-0.2, -0.15) is 0 Å². The topological polar surface area (TPSA) is 66.5 Å². The summed E-state index contributed by atoms with van der Waals surface area (Å²) in [7, 11) is 0. The van der Waals surface area contributed by atoms with Gasteiger partial charge in [-0.15, -0.1) is 13.2 Å². The predicted molar refractivity (Wildman–Crippen MR) is 61.2 cm³/mol. The van der Waals surface area contributed by atoms with Crippen LogP contribution in [0.15, 0.2) is 49.1 Å². The molecule has 0 spiro atoms. The third-order valence-corrected chi connectivity index (χ3v) is 1.85. The van der Waals surface area contributed by atoms with E-state index in [1.807, 2.05) is 6.08 Å². The largest absolute Gasteiger partial charge is 0.412 e. The van der Waals surface area contributed by atoms with E-state index in [2.05, 4.69) is 33.2 Å². The van der Waals surface area contributed by atoms with Gasteiger partial charge in [0.25, 0.3) is 0 Å². The quantitative estimate of drug-likeness (QED) is 0.624. The van der Waals surface area contributed by atoms with Crippen LogP contribution in [0.4, 0.5) is 0 Å². The highest BCUT2D eigenvalue weighted by Crippen LogP contribution is 2.29. The molecule has 0 aromatic rings. The van der Waals surface area contributed by atoms with Gasteiger partial charge in [0.05, 0.1) is 0 Å². The number of hydrogen-bond donors (Lipinski definition) is 1. The summed E-state index contributed by atoms with van der Waals surface area (Å²) >= 11 is 0. The smallest absolute Gasteiger partial charge is 0.0241 e. The van der Waals surface area contributed by atoms with E-state index in [4.69, 9.17) is 0 Å². The van der Waals surface area contributed by atoms with E-state index < -0.39 is 0 Å².